The molecule has 16 heavy (non-hydrogen) atoms. The van der Waals surface area contributed by atoms with E-state index in [1.165, 1.54) is 12.1 Å². The third-order valence-electron chi connectivity index (χ3n) is 2.89. The first kappa shape index (κ1) is 10.8. The Morgan fingerprint density at radius 2 is 2.00 bits per heavy atom. The monoisotopic (exact) mass is 221 g/mol. The highest BCUT2D eigenvalue weighted by molar-refractivity contribution is 5.27. The largest absolute Gasteiger partial charge is 0.259 e. The van der Waals surface area contributed by atoms with Crippen LogP contribution >= 0.6 is 0 Å². The first-order chi connectivity index (χ1) is 7.68. The molecule has 1 aromatic carbocycles. The number of halogens is 1. The molecule has 0 bridgehead atoms. The van der Waals surface area contributed by atoms with Crippen molar-refractivity contribution in [2.24, 2.45) is 0 Å². The molecule has 0 amide bonds. The van der Waals surface area contributed by atoms with Crippen LogP contribution in [0.4, 0.5) is 4.39 Å². The maximum atomic E-state index is 12.8. The lowest BCUT2D eigenvalue weighted by Gasteiger charge is -2.18. The molecule has 0 unspecified atom stereocenters. The van der Waals surface area contributed by atoms with Crippen LogP contribution in [0.15, 0.2) is 36.0 Å². The summed E-state index contributed by atoms with van der Waals surface area (Å²) < 4.78 is 12.8. The first-order valence-corrected chi connectivity index (χ1v) is 5.28. The molecule has 2 rings (SSSR count). The van der Waals surface area contributed by atoms with E-state index in [9.17, 15) is 14.5 Å². The van der Waals surface area contributed by atoms with Gasteiger partial charge < -0.3 is 0 Å². The fourth-order valence-corrected chi connectivity index (χ4v) is 2.10. The number of hydrogen-bond acceptors (Lipinski definition) is 2. The van der Waals surface area contributed by atoms with Gasteiger partial charge in [0.05, 0.1) is 10.8 Å². The summed E-state index contributed by atoms with van der Waals surface area (Å²) in [5.41, 5.74) is 1.07. The third kappa shape index (κ3) is 2.10. The minimum absolute atomic E-state index is 0.190. The average molecular weight is 221 g/mol. The molecular formula is C12H12FNO2. The van der Waals surface area contributed by atoms with Crippen LogP contribution in [-0.2, 0) is 0 Å². The molecule has 1 atom stereocenters. The van der Waals surface area contributed by atoms with E-state index in [1.54, 1.807) is 18.2 Å². The summed E-state index contributed by atoms with van der Waals surface area (Å²) in [5.74, 6) is -0.504. The topological polar surface area (TPSA) is 43.1 Å². The van der Waals surface area contributed by atoms with Gasteiger partial charge in [0.2, 0.25) is 5.70 Å². The molecule has 1 aliphatic carbocycles. The summed E-state index contributed by atoms with van der Waals surface area (Å²) in [7, 11) is 0. The molecule has 0 aromatic heterocycles. The summed E-state index contributed by atoms with van der Waals surface area (Å²) in [6.45, 7) is 0. The lowest BCUT2D eigenvalue weighted by atomic mass is 9.86. The van der Waals surface area contributed by atoms with E-state index in [4.69, 9.17) is 0 Å². The molecule has 0 fully saturated rings. The zero-order valence-corrected chi connectivity index (χ0v) is 8.73. The molecule has 0 aliphatic heterocycles. The Labute approximate surface area is 92.7 Å². The zero-order chi connectivity index (χ0) is 11.5. The molecule has 84 valence electrons. The van der Waals surface area contributed by atoms with Crippen molar-refractivity contribution in [1.82, 2.24) is 0 Å². The van der Waals surface area contributed by atoms with Gasteiger partial charge in [-0.2, -0.15) is 0 Å². The predicted octanol–water partition coefficient (Wildman–Crippen LogP) is 3.25. The fourth-order valence-electron chi connectivity index (χ4n) is 2.10. The van der Waals surface area contributed by atoms with Crippen LogP contribution in [0.2, 0.25) is 0 Å². The van der Waals surface area contributed by atoms with E-state index >= 15 is 0 Å². The fraction of sp³-hybridized carbons (Fsp3) is 0.333. The summed E-state index contributed by atoms with van der Waals surface area (Å²) >= 11 is 0. The van der Waals surface area contributed by atoms with E-state index in [2.05, 4.69) is 0 Å². The lowest BCUT2D eigenvalue weighted by Crippen LogP contribution is -2.13. The highest BCUT2D eigenvalue weighted by Crippen LogP contribution is 2.34. The van der Waals surface area contributed by atoms with Gasteiger partial charge in [0, 0.05) is 0 Å². The van der Waals surface area contributed by atoms with E-state index in [-0.39, 0.29) is 22.4 Å². The summed E-state index contributed by atoms with van der Waals surface area (Å²) in [6.07, 6.45) is 4.14. The molecule has 0 saturated carbocycles. The molecule has 1 aliphatic rings. The van der Waals surface area contributed by atoms with Gasteiger partial charge in [0.15, 0.2) is 0 Å². The predicted molar refractivity (Wildman–Crippen MR) is 58.1 cm³/mol. The smallest absolute Gasteiger partial charge is 0.249 e. The van der Waals surface area contributed by atoms with Crippen molar-refractivity contribution in [3.8, 4) is 0 Å². The maximum absolute atomic E-state index is 12.8. The number of nitrogens with zero attached hydrogens (tertiary/aromatic N) is 1. The molecule has 1 aromatic rings. The molecule has 3 nitrogen and oxygen atoms in total. The van der Waals surface area contributed by atoms with E-state index in [1.807, 2.05) is 0 Å². The van der Waals surface area contributed by atoms with Gasteiger partial charge >= 0.3 is 0 Å². The molecule has 0 heterocycles. The number of rotatable bonds is 2. The van der Waals surface area contributed by atoms with Crippen LogP contribution in [0.5, 0.6) is 0 Å². The van der Waals surface area contributed by atoms with Crippen molar-refractivity contribution in [2.75, 3.05) is 0 Å². The number of benzene rings is 1. The summed E-state index contributed by atoms with van der Waals surface area (Å²) in [6, 6.07) is 5.95. The third-order valence-corrected chi connectivity index (χ3v) is 2.89. The zero-order valence-electron chi connectivity index (χ0n) is 8.73. The Bertz CT molecular complexity index is 425. The number of allylic oxidation sites excluding steroid dienone is 2. The Morgan fingerprint density at radius 3 is 2.62 bits per heavy atom. The van der Waals surface area contributed by atoms with Gasteiger partial charge in [0.25, 0.3) is 0 Å². The van der Waals surface area contributed by atoms with Gasteiger partial charge in [0.1, 0.15) is 5.82 Å². The van der Waals surface area contributed by atoms with E-state index in [0.29, 0.717) is 0 Å². The van der Waals surface area contributed by atoms with Crippen LogP contribution in [0.3, 0.4) is 0 Å². The Kier molecular flexibility index (Phi) is 2.99. The number of nitro groups is 1. The molecule has 0 spiro atoms. The second kappa shape index (κ2) is 4.43. The van der Waals surface area contributed by atoms with Gasteiger partial charge in [-0.1, -0.05) is 12.1 Å². The van der Waals surface area contributed by atoms with Gasteiger partial charge in [-0.25, -0.2) is 4.39 Å². The Hall–Kier alpha value is -1.71. The highest BCUT2D eigenvalue weighted by Gasteiger charge is 2.28. The van der Waals surface area contributed by atoms with E-state index in [0.717, 1.165) is 24.8 Å². The summed E-state index contributed by atoms with van der Waals surface area (Å²) in [4.78, 5) is 10.5. The Balaban J connectivity index is 2.31. The minimum atomic E-state index is -0.326. The standard InChI is InChI=1S/C12H12FNO2/c13-10-7-5-9(6-8-10)11-3-1-2-4-12(11)14(15)16/h4-8,11H,1-3H2/t11-/m0/s1. The van der Waals surface area contributed by atoms with Crippen molar-refractivity contribution in [3.63, 3.8) is 0 Å². The lowest BCUT2D eigenvalue weighted by molar-refractivity contribution is -0.431. The molecular weight excluding hydrogens is 209 g/mol. The van der Waals surface area contributed by atoms with Crippen molar-refractivity contribution in [2.45, 2.75) is 25.2 Å². The van der Waals surface area contributed by atoms with E-state index < -0.39 is 0 Å². The van der Waals surface area contributed by atoms with Crippen LogP contribution in [-0.4, -0.2) is 4.92 Å². The van der Waals surface area contributed by atoms with Crippen molar-refractivity contribution in [3.05, 3.63) is 57.5 Å². The van der Waals surface area contributed by atoms with Crippen molar-refractivity contribution < 1.29 is 9.31 Å². The van der Waals surface area contributed by atoms with Crippen LogP contribution in [0.25, 0.3) is 0 Å². The van der Waals surface area contributed by atoms with Crippen molar-refractivity contribution in [1.29, 1.82) is 0 Å². The molecule has 4 heteroatoms. The first-order valence-electron chi connectivity index (χ1n) is 5.28. The minimum Gasteiger partial charge on any atom is -0.259 e. The molecule has 0 N–H and O–H groups in total. The Morgan fingerprint density at radius 1 is 1.31 bits per heavy atom. The number of hydrogen-bond donors (Lipinski definition) is 0. The van der Waals surface area contributed by atoms with Crippen LogP contribution < -0.4 is 0 Å². The van der Waals surface area contributed by atoms with Crippen LogP contribution in [0.1, 0.15) is 30.7 Å². The van der Waals surface area contributed by atoms with Crippen molar-refractivity contribution >= 4 is 0 Å². The van der Waals surface area contributed by atoms with Gasteiger partial charge in [-0.05, 0) is 43.0 Å². The van der Waals surface area contributed by atoms with Crippen LogP contribution in [0, 0.1) is 15.9 Å². The quantitative estimate of drug-likeness (QED) is 0.568. The van der Waals surface area contributed by atoms with Gasteiger partial charge in [-0.3, -0.25) is 10.1 Å². The SMILES string of the molecule is O=[N+]([O-])C1=CCCC[C@H]1c1ccc(F)cc1. The summed E-state index contributed by atoms with van der Waals surface area (Å²) in [5, 5.41) is 10.9. The highest BCUT2D eigenvalue weighted by atomic mass is 19.1. The second-order valence-electron chi connectivity index (χ2n) is 3.92. The van der Waals surface area contributed by atoms with Gasteiger partial charge in [-0.15, -0.1) is 0 Å². The maximum Gasteiger partial charge on any atom is 0.249 e. The molecule has 0 saturated heterocycles. The normalized spacial score (nSPS) is 20.3. The molecule has 0 radical (unpaired) electrons. The average Bonchev–Trinajstić information content (AvgIpc) is 2.30. The second-order valence-corrected chi connectivity index (χ2v) is 3.92.